The van der Waals surface area contributed by atoms with E-state index in [1.165, 1.54) is 24.8 Å². The van der Waals surface area contributed by atoms with Crippen LogP contribution < -0.4 is 5.32 Å². The van der Waals surface area contributed by atoms with E-state index in [4.69, 9.17) is 33.2 Å². The minimum absolute atomic E-state index is 0.0577. The van der Waals surface area contributed by atoms with Gasteiger partial charge in [-0.15, -0.1) is 0 Å². The number of rotatable bonds is 18. The van der Waals surface area contributed by atoms with Crippen LogP contribution >= 0.6 is 21.6 Å². The maximum absolute atomic E-state index is 15.8. The molecule has 70 heavy (non-hydrogen) atoms. The van der Waals surface area contributed by atoms with Crippen LogP contribution in [-0.4, -0.2) is 126 Å². The molecule has 1 heterocycles. The van der Waals surface area contributed by atoms with Gasteiger partial charge >= 0.3 is 24.2 Å². The highest BCUT2D eigenvalue weighted by atomic mass is 33.1. The first kappa shape index (κ1) is 54.9. The molecule has 16 nitrogen and oxygen atoms in total. The average Bonchev–Trinajstić information content (AvgIpc) is 3.30. The number of hydrogen-bond donors (Lipinski definition) is 3. The number of aliphatic hydroxyl groups excluding tert-OH is 1. The summed E-state index contributed by atoms with van der Waals surface area (Å²) in [5.74, 6) is -5.11. The molecule has 384 valence electrons. The van der Waals surface area contributed by atoms with Crippen molar-refractivity contribution in [2.24, 2.45) is 28.6 Å². The number of esters is 2. The van der Waals surface area contributed by atoms with Crippen molar-refractivity contribution < 1.29 is 72.1 Å². The molecule has 11 atom stereocenters. The number of Topliss-reactive ketones (excluding diaryl/α,β-unsaturated/α-hetero) is 2. The summed E-state index contributed by atoms with van der Waals surface area (Å²) in [6.45, 7) is 14.1. The Labute approximate surface area is 418 Å². The molecule has 2 saturated carbocycles. The molecule has 1 amide bonds. The zero-order valence-electron chi connectivity index (χ0n) is 41.8. The number of aliphatic hydroxyl groups is 2. The molecule has 3 fully saturated rings. The van der Waals surface area contributed by atoms with Crippen LogP contribution in [0.15, 0.2) is 71.8 Å². The first-order valence-electron chi connectivity index (χ1n) is 23.8. The van der Waals surface area contributed by atoms with E-state index in [1.54, 1.807) is 120 Å². The normalized spacial score (nSPS) is 29.9. The lowest BCUT2D eigenvalue weighted by Gasteiger charge is -2.69. The van der Waals surface area contributed by atoms with Crippen LogP contribution in [0, 0.1) is 28.6 Å². The number of alkyl carbamates (subject to hydrolysis) is 1. The van der Waals surface area contributed by atoms with E-state index in [2.05, 4.69) is 12.2 Å². The maximum Gasteiger partial charge on any atom is 0.509 e. The summed E-state index contributed by atoms with van der Waals surface area (Å²) >= 11 is 0. The summed E-state index contributed by atoms with van der Waals surface area (Å²) in [6, 6.07) is 15.4. The summed E-state index contributed by atoms with van der Waals surface area (Å²) in [7, 11) is 4.57. The molecule has 3 aliphatic carbocycles. The van der Waals surface area contributed by atoms with E-state index < -0.39 is 112 Å². The van der Waals surface area contributed by atoms with Gasteiger partial charge in [0.15, 0.2) is 17.2 Å². The van der Waals surface area contributed by atoms with Crippen LogP contribution in [-0.2, 0) is 47.5 Å². The van der Waals surface area contributed by atoms with Gasteiger partial charge in [-0.05, 0) is 57.7 Å². The number of fused-ring (bicyclic) bond motifs is 5. The number of hydrogen-bond acceptors (Lipinski definition) is 17. The molecule has 18 heteroatoms. The fourth-order valence-corrected chi connectivity index (χ4v) is 13.5. The molecule has 1 saturated heterocycles. The van der Waals surface area contributed by atoms with Gasteiger partial charge in [-0.3, -0.25) is 14.4 Å². The van der Waals surface area contributed by atoms with Gasteiger partial charge in [0, 0.05) is 67.6 Å². The summed E-state index contributed by atoms with van der Waals surface area (Å²) in [4.78, 5) is 86.0. The van der Waals surface area contributed by atoms with Crippen LogP contribution in [0.2, 0.25) is 0 Å². The second-order valence-electron chi connectivity index (χ2n) is 20.4. The zero-order valence-corrected chi connectivity index (χ0v) is 43.4. The van der Waals surface area contributed by atoms with E-state index in [0.29, 0.717) is 22.5 Å². The largest absolute Gasteiger partial charge is 0.509 e. The third-order valence-corrected chi connectivity index (χ3v) is 17.2. The van der Waals surface area contributed by atoms with E-state index in [1.807, 2.05) is 0 Å². The molecule has 2 aromatic carbocycles. The topological polar surface area (TPSA) is 220 Å². The van der Waals surface area contributed by atoms with Crippen molar-refractivity contribution >= 4 is 57.3 Å². The molecule has 0 spiro atoms. The van der Waals surface area contributed by atoms with Gasteiger partial charge in [0.05, 0.1) is 36.3 Å². The number of ketones is 2. The minimum Gasteiger partial charge on any atom is -0.455 e. The van der Waals surface area contributed by atoms with Crippen molar-refractivity contribution in [2.75, 3.05) is 38.4 Å². The highest BCUT2D eigenvalue weighted by molar-refractivity contribution is 8.76. The second kappa shape index (κ2) is 22.1. The number of ether oxygens (including phenoxy) is 7. The molecule has 0 aromatic heterocycles. The molecular weight excluding hydrogens is 943 g/mol. The standard InChI is InChI=1S/C52H69NO15S2/c1-11-23-69-70-24-22-63-47(60)66-42(41(33-20-16-13-17-21-33)53-46(59)68-48(4,5)6)45(58)65-37-27-52(61)35(25-36(56)32-18-14-12-15-19-32)43-50(9,44(57)34(28-54)40(30(37)2)49(52,7)8)38(62-10)26-39-51(43,29-64-39)67-31(3)55/h12-21,34-35,37-39,41-43,54,61H,11,22-29H2,1-10H3,(H,53,59)/t34-,35+,37+,38+,39-,41+,42-,43+,50-,51+,52-/m1/s1. The summed E-state index contributed by atoms with van der Waals surface area (Å²) in [5.41, 5.74) is -6.40. The third kappa shape index (κ3) is 10.8. The Morgan fingerprint density at radius 1 is 0.971 bits per heavy atom. The number of methoxy groups -OCH3 is 1. The van der Waals surface area contributed by atoms with Gasteiger partial charge in [-0.2, -0.15) is 0 Å². The fraction of sp³-hybridized carbons (Fsp3) is 0.615. The van der Waals surface area contributed by atoms with Crippen molar-refractivity contribution in [1.82, 2.24) is 5.32 Å². The predicted molar refractivity (Wildman–Crippen MR) is 262 cm³/mol. The Hall–Kier alpha value is -4.46. The third-order valence-electron chi connectivity index (χ3n) is 14.6. The molecular formula is C52H69NO15S2. The van der Waals surface area contributed by atoms with E-state index >= 15 is 9.59 Å². The second-order valence-corrected chi connectivity index (χ2v) is 23.1. The fourth-order valence-electron chi connectivity index (χ4n) is 11.5. The van der Waals surface area contributed by atoms with Crippen LogP contribution in [0.3, 0.4) is 0 Å². The number of amides is 1. The van der Waals surface area contributed by atoms with Crippen molar-refractivity contribution in [3.8, 4) is 0 Å². The van der Waals surface area contributed by atoms with E-state index in [9.17, 15) is 29.4 Å². The molecule has 2 aromatic rings. The minimum atomic E-state index is -2.10. The molecule has 3 N–H and O–H groups in total. The van der Waals surface area contributed by atoms with Crippen molar-refractivity contribution in [2.45, 2.75) is 135 Å². The quantitative estimate of drug-likeness (QED) is 0.0324. The highest BCUT2D eigenvalue weighted by Crippen LogP contribution is 2.67. The number of carbonyl (C=O) groups is 6. The van der Waals surface area contributed by atoms with Gasteiger partial charge < -0.3 is 48.7 Å². The summed E-state index contributed by atoms with van der Waals surface area (Å²) < 4.78 is 41.8. The Balaban J connectivity index is 1.51. The predicted octanol–water partition coefficient (Wildman–Crippen LogP) is 7.78. The lowest BCUT2D eigenvalue weighted by Crippen LogP contribution is -2.80. The monoisotopic (exact) mass is 1010 g/mol. The van der Waals surface area contributed by atoms with Gasteiger partial charge in [0.25, 0.3) is 0 Å². The number of benzene rings is 2. The lowest BCUT2D eigenvalue weighted by molar-refractivity contribution is -0.341. The van der Waals surface area contributed by atoms with Crippen LogP contribution in [0.5, 0.6) is 0 Å². The van der Waals surface area contributed by atoms with Gasteiger partial charge in [0.2, 0.25) is 6.10 Å². The molecule has 0 radical (unpaired) electrons. The number of nitrogens with one attached hydrogen (secondary N) is 1. The zero-order chi connectivity index (χ0) is 51.4. The SMILES string of the molecule is CCCSSCCOC(=O)O[C@@H](C(=O)O[C@H]1C[C@@]2(O)[C@@H](CC(=O)c3ccccc3)[C@@H]3[C@]4(OC(C)=O)CO[C@@H]4C[C@H](OC)[C@@]3(C)C(=O)[C@H](CO)C(=C1C)C2(C)C)[C@@H](NC(=O)OC(C)(C)C)c1ccccc1. The summed E-state index contributed by atoms with van der Waals surface area (Å²) in [5, 5.41) is 28.2. The van der Waals surface area contributed by atoms with Gasteiger partial charge in [-0.25, -0.2) is 14.4 Å². The molecule has 1 aliphatic heterocycles. The average molecular weight is 1010 g/mol. The lowest BCUT2D eigenvalue weighted by atomic mass is 9.41. The van der Waals surface area contributed by atoms with Crippen molar-refractivity contribution in [1.29, 1.82) is 0 Å². The Bertz CT molecular complexity index is 2270. The Morgan fingerprint density at radius 2 is 1.61 bits per heavy atom. The van der Waals surface area contributed by atoms with Crippen molar-refractivity contribution in [3.05, 3.63) is 82.9 Å². The summed E-state index contributed by atoms with van der Waals surface area (Å²) in [6.07, 6.45) is -6.83. The molecule has 0 unspecified atom stereocenters. The van der Waals surface area contributed by atoms with Crippen LogP contribution in [0.4, 0.5) is 9.59 Å². The van der Waals surface area contributed by atoms with Gasteiger partial charge in [-0.1, -0.05) is 103 Å². The Morgan fingerprint density at radius 3 is 2.19 bits per heavy atom. The van der Waals surface area contributed by atoms with E-state index in [0.717, 1.165) is 12.2 Å². The van der Waals surface area contributed by atoms with E-state index in [-0.39, 0.29) is 43.8 Å². The Kier molecular flexibility index (Phi) is 17.3. The van der Waals surface area contributed by atoms with Crippen LogP contribution in [0.1, 0.15) is 110 Å². The molecule has 2 bridgehead atoms. The van der Waals surface area contributed by atoms with Crippen molar-refractivity contribution in [3.63, 3.8) is 0 Å². The van der Waals surface area contributed by atoms with Gasteiger partial charge in [0.1, 0.15) is 30.5 Å². The molecule has 6 rings (SSSR count). The first-order valence-corrected chi connectivity index (χ1v) is 26.3. The number of carbonyl (C=O) groups excluding carboxylic acids is 6. The maximum atomic E-state index is 15.8. The molecule has 4 aliphatic rings. The smallest absolute Gasteiger partial charge is 0.455 e. The highest BCUT2D eigenvalue weighted by Gasteiger charge is 2.77. The van der Waals surface area contributed by atoms with Crippen LogP contribution in [0.25, 0.3) is 0 Å². The first-order chi connectivity index (χ1) is 33.0.